The first-order valence-electron chi connectivity index (χ1n) is 6.78. The third-order valence-electron chi connectivity index (χ3n) is 3.28. The average molecular weight is 319 g/mol. The fourth-order valence-corrected chi connectivity index (χ4v) is 2.26. The van der Waals surface area contributed by atoms with Gasteiger partial charge in [0.15, 0.2) is 0 Å². The van der Waals surface area contributed by atoms with Crippen LogP contribution in [0.25, 0.3) is 0 Å². The normalized spacial score (nSPS) is 10.3. The van der Waals surface area contributed by atoms with Gasteiger partial charge in [0, 0.05) is 23.6 Å². The molecule has 1 N–H and O–H groups in total. The molecule has 0 atom stereocenters. The Balaban J connectivity index is 2.30. The third-order valence-corrected chi connectivity index (χ3v) is 3.59. The zero-order valence-electron chi connectivity index (χ0n) is 12.0. The molecule has 0 bridgehead atoms. The fraction of sp³-hybridized carbons (Fsp3) is 0.188. The molecule has 0 aromatic heterocycles. The molecular weight excluding hydrogens is 304 g/mol. The first kappa shape index (κ1) is 16.0. The van der Waals surface area contributed by atoms with Crippen LogP contribution < -0.4 is 5.32 Å². The van der Waals surface area contributed by atoms with Crippen molar-refractivity contribution in [3.05, 3.63) is 69.3 Å². The molecule has 6 heteroatoms. The summed E-state index contributed by atoms with van der Waals surface area (Å²) in [4.78, 5) is 22.7. The maximum absolute atomic E-state index is 12.3. The lowest BCUT2D eigenvalue weighted by Crippen LogP contribution is -2.13. The smallest absolute Gasteiger partial charge is 0.271 e. The molecule has 0 aliphatic rings. The molecule has 2 aromatic rings. The van der Waals surface area contributed by atoms with Crippen LogP contribution in [0.4, 0.5) is 11.4 Å². The van der Waals surface area contributed by atoms with Gasteiger partial charge >= 0.3 is 0 Å². The molecule has 0 radical (unpaired) electrons. The highest BCUT2D eigenvalue weighted by molar-refractivity contribution is 6.17. The first-order valence-corrected chi connectivity index (χ1v) is 7.32. The van der Waals surface area contributed by atoms with Crippen LogP contribution in [0.5, 0.6) is 0 Å². The van der Waals surface area contributed by atoms with E-state index in [1.54, 1.807) is 24.3 Å². The topological polar surface area (TPSA) is 72.2 Å². The SMILES string of the molecule is CCc1ccc([N+](=O)[O-])cc1NC(=O)c1cccc(CCl)c1. The summed E-state index contributed by atoms with van der Waals surface area (Å²) < 4.78 is 0. The van der Waals surface area contributed by atoms with Crippen LogP contribution in [-0.4, -0.2) is 10.8 Å². The number of benzene rings is 2. The van der Waals surface area contributed by atoms with Gasteiger partial charge < -0.3 is 5.32 Å². The monoisotopic (exact) mass is 318 g/mol. The zero-order chi connectivity index (χ0) is 16.1. The molecule has 0 aliphatic heterocycles. The van der Waals surface area contributed by atoms with Crippen molar-refractivity contribution in [1.82, 2.24) is 0 Å². The third kappa shape index (κ3) is 3.62. The van der Waals surface area contributed by atoms with Gasteiger partial charge in [0.05, 0.1) is 10.6 Å². The van der Waals surface area contributed by atoms with Crippen LogP contribution in [0, 0.1) is 10.1 Å². The van der Waals surface area contributed by atoms with E-state index in [0.717, 1.165) is 11.1 Å². The van der Waals surface area contributed by atoms with Crippen LogP contribution in [0.1, 0.15) is 28.4 Å². The van der Waals surface area contributed by atoms with E-state index in [-0.39, 0.29) is 11.6 Å². The van der Waals surface area contributed by atoms with E-state index >= 15 is 0 Å². The minimum Gasteiger partial charge on any atom is -0.321 e. The summed E-state index contributed by atoms with van der Waals surface area (Å²) in [6, 6.07) is 11.4. The molecule has 0 spiro atoms. The molecule has 0 heterocycles. The number of alkyl halides is 1. The second-order valence-electron chi connectivity index (χ2n) is 4.74. The summed E-state index contributed by atoms with van der Waals surface area (Å²) in [7, 11) is 0. The van der Waals surface area contributed by atoms with E-state index in [9.17, 15) is 14.9 Å². The number of halogens is 1. The highest BCUT2D eigenvalue weighted by Crippen LogP contribution is 2.24. The highest BCUT2D eigenvalue weighted by Gasteiger charge is 2.13. The van der Waals surface area contributed by atoms with Gasteiger partial charge in [-0.2, -0.15) is 0 Å². The van der Waals surface area contributed by atoms with Gasteiger partial charge in [0.2, 0.25) is 0 Å². The Bertz CT molecular complexity index is 716. The van der Waals surface area contributed by atoms with Crippen molar-refractivity contribution >= 4 is 28.9 Å². The lowest BCUT2D eigenvalue weighted by molar-refractivity contribution is -0.384. The maximum Gasteiger partial charge on any atom is 0.271 e. The van der Waals surface area contributed by atoms with Gasteiger partial charge in [-0.05, 0) is 29.7 Å². The average Bonchev–Trinajstić information content (AvgIpc) is 2.54. The summed E-state index contributed by atoms with van der Waals surface area (Å²) in [5.41, 5.74) is 2.54. The number of non-ortho nitro benzene ring substituents is 1. The minimum atomic E-state index is -0.483. The Morgan fingerprint density at radius 3 is 2.68 bits per heavy atom. The molecule has 0 saturated heterocycles. The van der Waals surface area contributed by atoms with Crippen molar-refractivity contribution < 1.29 is 9.72 Å². The number of hydrogen-bond acceptors (Lipinski definition) is 3. The molecule has 0 fully saturated rings. The van der Waals surface area contributed by atoms with E-state index in [2.05, 4.69) is 5.32 Å². The predicted molar refractivity (Wildman–Crippen MR) is 86.4 cm³/mol. The number of nitrogens with one attached hydrogen (secondary N) is 1. The lowest BCUT2D eigenvalue weighted by Gasteiger charge is -2.10. The van der Waals surface area contributed by atoms with Crippen molar-refractivity contribution in [2.75, 3.05) is 5.32 Å². The number of nitro groups is 1. The van der Waals surface area contributed by atoms with Crippen molar-refractivity contribution in [3.8, 4) is 0 Å². The number of rotatable bonds is 5. The number of anilines is 1. The van der Waals surface area contributed by atoms with Gasteiger partial charge in [0.25, 0.3) is 11.6 Å². The van der Waals surface area contributed by atoms with Crippen molar-refractivity contribution in [1.29, 1.82) is 0 Å². The lowest BCUT2D eigenvalue weighted by atomic mass is 10.1. The summed E-state index contributed by atoms with van der Waals surface area (Å²) in [5.74, 6) is 0.000158. The van der Waals surface area contributed by atoms with E-state index in [1.807, 2.05) is 13.0 Å². The standard InChI is InChI=1S/C16H15ClN2O3/c1-2-12-6-7-14(19(21)22)9-15(12)18-16(20)13-5-3-4-11(8-13)10-17/h3-9H,2,10H2,1H3,(H,18,20). The van der Waals surface area contributed by atoms with E-state index < -0.39 is 4.92 Å². The summed E-state index contributed by atoms with van der Waals surface area (Å²) >= 11 is 5.76. The first-order chi connectivity index (χ1) is 10.5. The van der Waals surface area contributed by atoms with Gasteiger partial charge in [-0.25, -0.2) is 0 Å². The molecule has 22 heavy (non-hydrogen) atoms. The zero-order valence-corrected chi connectivity index (χ0v) is 12.8. The second-order valence-corrected chi connectivity index (χ2v) is 5.01. The molecule has 5 nitrogen and oxygen atoms in total. The van der Waals surface area contributed by atoms with Crippen molar-refractivity contribution in [3.63, 3.8) is 0 Å². The van der Waals surface area contributed by atoms with Crippen molar-refractivity contribution in [2.24, 2.45) is 0 Å². The number of carbonyl (C=O) groups excluding carboxylic acids is 1. The Hall–Kier alpha value is -2.40. The molecule has 0 aliphatic carbocycles. The molecule has 2 aromatic carbocycles. The highest BCUT2D eigenvalue weighted by atomic mass is 35.5. The van der Waals surface area contributed by atoms with Crippen molar-refractivity contribution in [2.45, 2.75) is 19.2 Å². The number of carbonyl (C=O) groups is 1. The molecule has 2 rings (SSSR count). The van der Waals surface area contributed by atoms with Crippen LogP contribution in [0.3, 0.4) is 0 Å². The van der Waals surface area contributed by atoms with Gasteiger partial charge in [0.1, 0.15) is 0 Å². The Labute approximate surface area is 133 Å². The van der Waals surface area contributed by atoms with Gasteiger partial charge in [-0.3, -0.25) is 14.9 Å². The molecular formula is C16H15ClN2O3. The van der Waals surface area contributed by atoms with Crippen LogP contribution >= 0.6 is 11.6 Å². The molecule has 1 amide bonds. The summed E-state index contributed by atoms with van der Waals surface area (Å²) in [5, 5.41) is 13.6. The Kier molecular flexibility index (Phi) is 5.12. The number of hydrogen-bond donors (Lipinski definition) is 1. The van der Waals surface area contributed by atoms with Gasteiger partial charge in [-0.15, -0.1) is 11.6 Å². The second kappa shape index (κ2) is 7.04. The fourth-order valence-electron chi connectivity index (χ4n) is 2.09. The van der Waals surface area contributed by atoms with Crippen LogP contribution in [0.2, 0.25) is 0 Å². The minimum absolute atomic E-state index is 0.0537. The summed E-state index contributed by atoms with van der Waals surface area (Å²) in [6.07, 6.45) is 0.662. The van der Waals surface area contributed by atoms with E-state index in [0.29, 0.717) is 23.6 Å². The Morgan fingerprint density at radius 2 is 2.05 bits per heavy atom. The Morgan fingerprint density at radius 1 is 1.27 bits per heavy atom. The molecule has 0 unspecified atom stereocenters. The molecule has 0 saturated carbocycles. The summed E-state index contributed by atoms with van der Waals surface area (Å²) in [6.45, 7) is 1.92. The maximum atomic E-state index is 12.3. The number of aryl methyl sites for hydroxylation is 1. The largest absolute Gasteiger partial charge is 0.321 e. The van der Waals surface area contributed by atoms with Crippen LogP contribution in [-0.2, 0) is 12.3 Å². The van der Waals surface area contributed by atoms with Crippen LogP contribution in [0.15, 0.2) is 42.5 Å². The quantitative estimate of drug-likeness (QED) is 0.511. The number of amides is 1. The molecule has 114 valence electrons. The predicted octanol–water partition coefficient (Wildman–Crippen LogP) is 4.15. The van der Waals surface area contributed by atoms with E-state index in [4.69, 9.17) is 11.6 Å². The number of nitrogens with zero attached hydrogens (tertiary/aromatic N) is 1. The van der Waals surface area contributed by atoms with Gasteiger partial charge in [-0.1, -0.05) is 25.1 Å². The number of nitro benzene ring substituents is 1. The van der Waals surface area contributed by atoms with E-state index in [1.165, 1.54) is 12.1 Å².